The average Bonchev–Trinajstić information content (AvgIpc) is 2.74. The van der Waals surface area contributed by atoms with Crippen LogP contribution in [0.2, 0.25) is 0 Å². The first-order valence-electron chi connectivity index (χ1n) is 7.46. The van der Waals surface area contributed by atoms with Crippen LogP contribution in [0.1, 0.15) is 53.2 Å². The molecule has 0 saturated heterocycles. The van der Waals surface area contributed by atoms with E-state index in [4.69, 9.17) is 5.26 Å². The molecule has 4 heteroatoms. The maximum absolute atomic E-state index is 12.6. The normalized spacial score (nSPS) is 15.8. The molecule has 1 aromatic heterocycles. The van der Waals surface area contributed by atoms with Gasteiger partial charge in [0.1, 0.15) is 0 Å². The summed E-state index contributed by atoms with van der Waals surface area (Å²) < 4.78 is 0. The minimum Gasteiger partial charge on any atom is -0.337 e. The summed E-state index contributed by atoms with van der Waals surface area (Å²) >= 11 is 1.66. The molecule has 0 radical (unpaired) electrons. The topological polar surface area (TPSA) is 44.1 Å². The van der Waals surface area contributed by atoms with Gasteiger partial charge in [0.15, 0.2) is 0 Å². The molecule has 0 fully saturated rings. The van der Waals surface area contributed by atoms with Crippen LogP contribution in [-0.4, -0.2) is 23.9 Å². The van der Waals surface area contributed by atoms with Gasteiger partial charge in [-0.3, -0.25) is 4.79 Å². The molecule has 20 heavy (non-hydrogen) atoms. The van der Waals surface area contributed by atoms with E-state index in [1.54, 1.807) is 16.2 Å². The summed E-state index contributed by atoms with van der Waals surface area (Å²) in [5, 5.41) is 8.91. The summed E-state index contributed by atoms with van der Waals surface area (Å²) in [6.45, 7) is 5.02. The third-order valence-corrected chi connectivity index (χ3v) is 5.07. The number of hydrogen-bond donors (Lipinski definition) is 0. The van der Waals surface area contributed by atoms with Crippen molar-refractivity contribution in [2.75, 3.05) is 13.1 Å². The Labute approximate surface area is 125 Å². The number of amides is 1. The third kappa shape index (κ3) is 3.40. The van der Waals surface area contributed by atoms with Gasteiger partial charge in [-0.15, -0.1) is 11.3 Å². The highest BCUT2D eigenvalue weighted by molar-refractivity contribution is 7.14. The Hall–Kier alpha value is -1.34. The van der Waals surface area contributed by atoms with Gasteiger partial charge < -0.3 is 4.90 Å². The molecule has 0 aromatic carbocycles. The molecule has 0 saturated carbocycles. The maximum atomic E-state index is 12.6. The summed E-state index contributed by atoms with van der Waals surface area (Å²) in [5.41, 5.74) is 1.38. The Bertz CT molecular complexity index is 492. The van der Waals surface area contributed by atoms with Crippen molar-refractivity contribution in [3.8, 4) is 6.07 Å². The number of rotatable bonds is 4. The van der Waals surface area contributed by atoms with Crippen molar-refractivity contribution in [1.29, 1.82) is 5.26 Å². The van der Waals surface area contributed by atoms with E-state index in [9.17, 15) is 4.79 Å². The number of carbonyl (C=O) groups is 1. The third-order valence-electron chi connectivity index (χ3n) is 3.84. The molecule has 3 nitrogen and oxygen atoms in total. The molecule has 0 spiro atoms. The van der Waals surface area contributed by atoms with Crippen LogP contribution in [0, 0.1) is 17.2 Å². The van der Waals surface area contributed by atoms with E-state index < -0.39 is 0 Å². The van der Waals surface area contributed by atoms with E-state index >= 15 is 0 Å². The highest BCUT2D eigenvalue weighted by Gasteiger charge is 2.21. The lowest BCUT2D eigenvalue weighted by Gasteiger charge is -2.21. The predicted octanol–water partition coefficient (Wildman–Crippen LogP) is 3.64. The van der Waals surface area contributed by atoms with E-state index in [1.807, 2.05) is 13.8 Å². The molecule has 1 atom stereocenters. The van der Waals surface area contributed by atoms with Gasteiger partial charge in [0.05, 0.1) is 16.9 Å². The van der Waals surface area contributed by atoms with Crippen LogP contribution < -0.4 is 0 Å². The monoisotopic (exact) mass is 290 g/mol. The molecular formula is C16H22N2OS. The number of aryl methyl sites for hydroxylation is 2. The minimum absolute atomic E-state index is 0.0904. The Morgan fingerprint density at radius 2 is 2.20 bits per heavy atom. The molecule has 0 aliphatic heterocycles. The molecule has 1 heterocycles. The van der Waals surface area contributed by atoms with Gasteiger partial charge in [-0.25, -0.2) is 0 Å². The fraction of sp³-hybridized carbons (Fsp3) is 0.625. The molecule has 1 aromatic rings. The highest BCUT2D eigenvalue weighted by Crippen LogP contribution is 2.29. The SMILES string of the molecule is CCN(CC(C)C#N)C(=O)c1cc2c(s1)CCCCC2. The van der Waals surface area contributed by atoms with Crippen LogP contribution in [0.4, 0.5) is 0 Å². The van der Waals surface area contributed by atoms with Gasteiger partial charge in [0, 0.05) is 18.0 Å². The molecule has 0 bridgehead atoms. The minimum atomic E-state index is -0.114. The Balaban J connectivity index is 2.14. The fourth-order valence-corrected chi connectivity index (χ4v) is 3.88. The Kier molecular flexibility index (Phi) is 5.19. The molecule has 108 valence electrons. The van der Waals surface area contributed by atoms with Crippen molar-refractivity contribution in [3.63, 3.8) is 0 Å². The molecule has 1 aliphatic carbocycles. The second-order valence-electron chi connectivity index (χ2n) is 5.49. The molecule has 2 rings (SSSR count). The first-order valence-corrected chi connectivity index (χ1v) is 8.27. The van der Waals surface area contributed by atoms with Crippen LogP contribution in [-0.2, 0) is 12.8 Å². The lowest BCUT2D eigenvalue weighted by Crippen LogP contribution is -2.33. The van der Waals surface area contributed by atoms with Crippen molar-refractivity contribution in [2.45, 2.75) is 46.0 Å². The number of thiophene rings is 1. The highest BCUT2D eigenvalue weighted by atomic mass is 32.1. The summed E-state index contributed by atoms with van der Waals surface area (Å²) in [7, 11) is 0. The van der Waals surface area contributed by atoms with Gasteiger partial charge in [0.2, 0.25) is 0 Å². The van der Waals surface area contributed by atoms with E-state index in [2.05, 4.69) is 12.1 Å². The zero-order valence-electron chi connectivity index (χ0n) is 12.3. The van der Waals surface area contributed by atoms with E-state index in [1.165, 1.54) is 29.7 Å². The summed E-state index contributed by atoms with van der Waals surface area (Å²) in [6.07, 6.45) is 6.00. The zero-order chi connectivity index (χ0) is 14.5. The lowest BCUT2D eigenvalue weighted by molar-refractivity contribution is 0.0757. The summed E-state index contributed by atoms with van der Waals surface area (Å²) in [5.74, 6) is -0.0237. The molecule has 1 aliphatic rings. The average molecular weight is 290 g/mol. The van der Waals surface area contributed by atoms with Crippen molar-refractivity contribution < 1.29 is 4.79 Å². The number of nitriles is 1. The smallest absolute Gasteiger partial charge is 0.263 e. The summed E-state index contributed by atoms with van der Waals surface area (Å²) in [4.78, 5) is 16.6. The lowest BCUT2D eigenvalue weighted by atomic mass is 10.1. The molecular weight excluding hydrogens is 268 g/mol. The second-order valence-corrected chi connectivity index (χ2v) is 6.63. The van der Waals surface area contributed by atoms with Crippen LogP contribution in [0.25, 0.3) is 0 Å². The Morgan fingerprint density at radius 1 is 1.45 bits per heavy atom. The van der Waals surface area contributed by atoms with Gasteiger partial charge in [-0.05, 0) is 51.2 Å². The van der Waals surface area contributed by atoms with Gasteiger partial charge in [-0.1, -0.05) is 6.42 Å². The van der Waals surface area contributed by atoms with Gasteiger partial charge in [0.25, 0.3) is 5.91 Å². The maximum Gasteiger partial charge on any atom is 0.263 e. The fourth-order valence-electron chi connectivity index (χ4n) is 2.66. The van der Waals surface area contributed by atoms with Crippen molar-refractivity contribution in [3.05, 3.63) is 21.4 Å². The number of fused-ring (bicyclic) bond motifs is 1. The van der Waals surface area contributed by atoms with Gasteiger partial charge in [-0.2, -0.15) is 5.26 Å². The second kappa shape index (κ2) is 6.90. The quantitative estimate of drug-likeness (QED) is 0.795. The number of carbonyl (C=O) groups excluding carboxylic acids is 1. The van der Waals surface area contributed by atoms with E-state index in [0.29, 0.717) is 13.1 Å². The Morgan fingerprint density at radius 3 is 2.90 bits per heavy atom. The molecule has 1 unspecified atom stereocenters. The van der Waals surface area contributed by atoms with Crippen LogP contribution >= 0.6 is 11.3 Å². The predicted molar refractivity (Wildman–Crippen MR) is 81.9 cm³/mol. The number of nitrogens with zero attached hydrogens (tertiary/aromatic N) is 2. The van der Waals surface area contributed by atoms with Crippen molar-refractivity contribution in [1.82, 2.24) is 4.90 Å². The van der Waals surface area contributed by atoms with E-state index in [-0.39, 0.29) is 11.8 Å². The standard InChI is InChI=1S/C16H22N2OS/c1-3-18(11-12(2)10-17)16(19)15-9-13-7-5-4-6-8-14(13)20-15/h9,12H,3-8,11H2,1-2H3. The van der Waals surface area contributed by atoms with E-state index in [0.717, 1.165) is 17.7 Å². The van der Waals surface area contributed by atoms with Crippen molar-refractivity contribution in [2.24, 2.45) is 5.92 Å². The summed E-state index contributed by atoms with van der Waals surface area (Å²) in [6, 6.07) is 4.29. The van der Waals surface area contributed by atoms with Gasteiger partial charge >= 0.3 is 0 Å². The number of hydrogen-bond acceptors (Lipinski definition) is 3. The molecule has 1 amide bonds. The van der Waals surface area contributed by atoms with Crippen molar-refractivity contribution >= 4 is 17.2 Å². The molecule has 0 N–H and O–H groups in total. The first kappa shape index (κ1) is 15.1. The first-order chi connectivity index (χ1) is 9.65. The van der Waals surface area contributed by atoms with Crippen LogP contribution in [0.3, 0.4) is 0 Å². The largest absolute Gasteiger partial charge is 0.337 e. The zero-order valence-corrected chi connectivity index (χ0v) is 13.1. The van der Waals surface area contributed by atoms with Crippen LogP contribution in [0.15, 0.2) is 6.07 Å². The van der Waals surface area contributed by atoms with Crippen LogP contribution in [0.5, 0.6) is 0 Å².